The molecule has 3 nitrogen and oxygen atoms in total. The lowest BCUT2D eigenvalue weighted by atomic mass is 10.2. The van der Waals surface area contributed by atoms with Crippen LogP contribution in [0.5, 0.6) is 0 Å². The second-order valence-electron chi connectivity index (χ2n) is 4.50. The van der Waals surface area contributed by atoms with E-state index in [4.69, 9.17) is 11.6 Å². The van der Waals surface area contributed by atoms with E-state index in [1.807, 2.05) is 62.6 Å². The largest absolute Gasteiger partial charge is 0.378 e. The quantitative estimate of drug-likeness (QED) is 0.619. The molecule has 0 saturated heterocycles. The summed E-state index contributed by atoms with van der Waals surface area (Å²) in [5.41, 5.74) is 3.02. The van der Waals surface area contributed by atoms with E-state index in [2.05, 4.69) is 15.1 Å². The van der Waals surface area contributed by atoms with Crippen LogP contribution in [0.15, 0.2) is 58.7 Å². The third kappa shape index (κ3) is 3.93. The average molecular weight is 286 g/mol. The Morgan fingerprint density at radius 1 is 0.900 bits per heavy atom. The summed E-state index contributed by atoms with van der Waals surface area (Å²) in [5.74, 6) is 0. The van der Waals surface area contributed by atoms with Crippen molar-refractivity contribution in [2.45, 2.75) is 0 Å². The number of rotatable bonds is 4. The van der Waals surface area contributed by atoms with Crippen molar-refractivity contribution in [3.8, 4) is 0 Å². The Balaban J connectivity index is 2.01. The molecule has 0 saturated carbocycles. The maximum Gasteiger partial charge on any atom is 0.0583 e. The normalized spacial score (nSPS) is 11.3. The molecule has 0 unspecified atom stereocenters. The number of benzene rings is 2. The van der Waals surface area contributed by atoms with E-state index in [0.717, 1.165) is 16.8 Å². The summed E-state index contributed by atoms with van der Waals surface area (Å²) < 4.78 is 0. The molecule has 2 aromatic rings. The van der Waals surface area contributed by atoms with Crippen LogP contribution >= 0.6 is 11.6 Å². The fraction of sp³-hybridized carbons (Fsp3) is 0.125. The minimum Gasteiger partial charge on any atom is -0.378 e. The van der Waals surface area contributed by atoms with Crippen LogP contribution in [0.3, 0.4) is 0 Å². The van der Waals surface area contributed by atoms with Crippen molar-refractivity contribution in [1.82, 2.24) is 0 Å². The van der Waals surface area contributed by atoms with Gasteiger partial charge in [-0.1, -0.05) is 41.9 Å². The van der Waals surface area contributed by atoms with Crippen LogP contribution in [0.2, 0.25) is 5.02 Å². The summed E-state index contributed by atoms with van der Waals surface area (Å²) in [6.45, 7) is 0. The van der Waals surface area contributed by atoms with Crippen LogP contribution in [0.1, 0.15) is 11.1 Å². The monoisotopic (exact) mass is 285 g/mol. The minimum atomic E-state index is 0.668. The molecule has 0 aromatic heterocycles. The van der Waals surface area contributed by atoms with Gasteiger partial charge in [-0.2, -0.15) is 10.2 Å². The van der Waals surface area contributed by atoms with Crippen LogP contribution in [-0.2, 0) is 0 Å². The summed E-state index contributed by atoms with van der Waals surface area (Å²) in [7, 11) is 4.02. The van der Waals surface area contributed by atoms with Gasteiger partial charge in [-0.3, -0.25) is 0 Å². The van der Waals surface area contributed by atoms with Gasteiger partial charge < -0.3 is 4.90 Å². The van der Waals surface area contributed by atoms with Gasteiger partial charge in [0.2, 0.25) is 0 Å². The SMILES string of the molecule is CN(C)c1ccc(/C=N/N=C/c2ccccc2Cl)cc1. The van der Waals surface area contributed by atoms with Gasteiger partial charge in [-0.05, 0) is 23.8 Å². The lowest BCUT2D eigenvalue weighted by Crippen LogP contribution is -2.08. The second kappa shape index (κ2) is 6.87. The standard InChI is InChI=1S/C16H16ClN3/c1-20(2)15-9-7-13(8-10-15)11-18-19-12-14-5-3-4-6-16(14)17/h3-12H,1-2H3/b18-11+,19-12+. The predicted molar refractivity (Wildman–Crippen MR) is 87.4 cm³/mol. The summed E-state index contributed by atoms with van der Waals surface area (Å²) in [4.78, 5) is 2.05. The molecule has 102 valence electrons. The van der Waals surface area contributed by atoms with Crippen molar-refractivity contribution in [2.75, 3.05) is 19.0 Å². The first kappa shape index (κ1) is 14.3. The van der Waals surface area contributed by atoms with Crippen LogP contribution in [0.25, 0.3) is 0 Å². The summed E-state index contributed by atoms with van der Waals surface area (Å²) in [6.07, 6.45) is 3.36. The molecule has 20 heavy (non-hydrogen) atoms. The Hall–Kier alpha value is -2.13. The summed E-state index contributed by atoms with van der Waals surface area (Å²) >= 11 is 6.02. The number of hydrogen-bond acceptors (Lipinski definition) is 3. The first-order valence-electron chi connectivity index (χ1n) is 6.25. The first-order chi connectivity index (χ1) is 9.66. The molecule has 0 atom stereocenters. The Morgan fingerprint density at radius 2 is 1.55 bits per heavy atom. The van der Waals surface area contributed by atoms with Gasteiger partial charge in [0, 0.05) is 30.4 Å². The first-order valence-corrected chi connectivity index (χ1v) is 6.63. The van der Waals surface area contributed by atoms with Crippen LogP contribution in [0.4, 0.5) is 5.69 Å². The second-order valence-corrected chi connectivity index (χ2v) is 4.90. The minimum absolute atomic E-state index is 0.668. The van der Waals surface area contributed by atoms with Gasteiger partial charge >= 0.3 is 0 Å². The highest BCUT2D eigenvalue weighted by atomic mass is 35.5. The molecule has 0 heterocycles. The van der Waals surface area contributed by atoms with Gasteiger partial charge in [-0.25, -0.2) is 0 Å². The van der Waals surface area contributed by atoms with E-state index in [0.29, 0.717) is 5.02 Å². The molecular formula is C16H16ClN3. The van der Waals surface area contributed by atoms with E-state index in [9.17, 15) is 0 Å². The molecule has 0 radical (unpaired) electrons. The van der Waals surface area contributed by atoms with Crippen LogP contribution in [-0.4, -0.2) is 26.5 Å². The molecule has 2 rings (SSSR count). The highest BCUT2D eigenvalue weighted by Gasteiger charge is 1.94. The van der Waals surface area contributed by atoms with Crippen molar-refractivity contribution < 1.29 is 0 Å². The average Bonchev–Trinajstić information content (AvgIpc) is 2.46. The van der Waals surface area contributed by atoms with E-state index < -0.39 is 0 Å². The lowest BCUT2D eigenvalue weighted by Gasteiger charge is -2.11. The van der Waals surface area contributed by atoms with Crippen molar-refractivity contribution >= 4 is 29.7 Å². The Labute approximate surface area is 124 Å². The highest BCUT2D eigenvalue weighted by molar-refractivity contribution is 6.33. The maximum atomic E-state index is 6.02. The van der Waals surface area contributed by atoms with E-state index in [1.54, 1.807) is 12.4 Å². The lowest BCUT2D eigenvalue weighted by molar-refractivity contribution is 1.13. The molecule has 0 aliphatic heterocycles. The molecule has 4 heteroatoms. The number of nitrogens with zero attached hydrogens (tertiary/aromatic N) is 3. The molecular weight excluding hydrogens is 270 g/mol. The third-order valence-electron chi connectivity index (χ3n) is 2.79. The molecule has 0 spiro atoms. The van der Waals surface area contributed by atoms with Crippen molar-refractivity contribution in [3.63, 3.8) is 0 Å². The fourth-order valence-electron chi connectivity index (χ4n) is 1.63. The molecule has 0 bridgehead atoms. The zero-order valence-electron chi connectivity index (χ0n) is 11.5. The zero-order valence-corrected chi connectivity index (χ0v) is 12.2. The van der Waals surface area contributed by atoms with E-state index >= 15 is 0 Å². The van der Waals surface area contributed by atoms with Gasteiger partial charge in [0.05, 0.1) is 12.4 Å². The van der Waals surface area contributed by atoms with Gasteiger partial charge in [0.1, 0.15) is 0 Å². The van der Waals surface area contributed by atoms with Crippen molar-refractivity contribution in [1.29, 1.82) is 0 Å². The molecule has 0 fully saturated rings. The number of anilines is 1. The highest BCUT2D eigenvalue weighted by Crippen LogP contribution is 2.13. The molecule has 0 aliphatic carbocycles. The maximum absolute atomic E-state index is 6.02. The van der Waals surface area contributed by atoms with E-state index in [1.165, 1.54) is 0 Å². The Bertz CT molecular complexity index is 616. The van der Waals surface area contributed by atoms with E-state index in [-0.39, 0.29) is 0 Å². The fourth-order valence-corrected chi connectivity index (χ4v) is 1.82. The number of halogens is 1. The predicted octanol–water partition coefficient (Wildman–Crippen LogP) is 3.86. The Kier molecular flexibility index (Phi) is 4.91. The molecule has 0 aliphatic rings. The molecule has 0 amide bonds. The summed E-state index contributed by atoms with van der Waals surface area (Å²) in [6, 6.07) is 15.6. The van der Waals surface area contributed by atoms with Crippen LogP contribution in [0, 0.1) is 0 Å². The third-order valence-corrected chi connectivity index (χ3v) is 3.13. The molecule has 0 N–H and O–H groups in total. The Morgan fingerprint density at radius 3 is 2.20 bits per heavy atom. The smallest absolute Gasteiger partial charge is 0.0583 e. The topological polar surface area (TPSA) is 28.0 Å². The zero-order chi connectivity index (χ0) is 14.4. The van der Waals surface area contributed by atoms with Gasteiger partial charge in [0.15, 0.2) is 0 Å². The van der Waals surface area contributed by atoms with Crippen molar-refractivity contribution in [3.05, 3.63) is 64.7 Å². The van der Waals surface area contributed by atoms with Gasteiger partial charge in [-0.15, -0.1) is 0 Å². The summed E-state index contributed by atoms with van der Waals surface area (Å²) in [5, 5.41) is 8.70. The van der Waals surface area contributed by atoms with Crippen LogP contribution < -0.4 is 4.90 Å². The molecule has 2 aromatic carbocycles. The number of hydrogen-bond donors (Lipinski definition) is 0. The van der Waals surface area contributed by atoms with Crippen molar-refractivity contribution in [2.24, 2.45) is 10.2 Å². The van der Waals surface area contributed by atoms with Gasteiger partial charge in [0.25, 0.3) is 0 Å².